The predicted molar refractivity (Wildman–Crippen MR) is 79.1 cm³/mol. The summed E-state index contributed by atoms with van der Waals surface area (Å²) in [6, 6.07) is 8.75. The van der Waals surface area contributed by atoms with Crippen molar-refractivity contribution >= 4 is 11.3 Å². The fourth-order valence-corrected chi connectivity index (χ4v) is 3.13. The Labute approximate surface area is 113 Å². The van der Waals surface area contributed by atoms with Crippen LogP contribution in [-0.4, -0.2) is 12.0 Å². The molecule has 0 aliphatic heterocycles. The molecular formula is C15H20N2S. The number of thiazole rings is 1. The van der Waals surface area contributed by atoms with Crippen molar-refractivity contribution in [2.24, 2.45) is 0 Å². The topological polar surface area (TPSA) is 24.9 Å². The second kappa shape index (κ2) is 6.12. The number of nitrogens with zero attached hydrogens (tertiary/aromatic N) is 1. The molecule has 0 fully saturated rings. The molecule has 1 heterocycles. The van der Waals surface area contributed by atoms with Crippen LogP contribution in [0.4, 0.5) is 0 Å². The third-order valence-corrected chi connectivity index (χ3v) is 4.21. The second-order valence-corrected chi connectivity index (χ2v) is 5.41. The minimum absolute atomic E-state index is 0.911. The molecule has 2 aromatic rings. The lowest BCUT2D eigenvalue weighted by Crippen LogP contribution is -2.05. The SMILES string of the molecule is CCc1ccc(-c2nc(CC)c(CNC)s2)cc1. The van der Waals surface area contributed by atoms with Gasteiger partial charge in [0.05, 0.1) is 5.69 Å². The Kier molecular flexibility index (Phi) is 4.50. The molecule has 0 amide bonds. The minimum atomic E-state index is 0.911. The highest BCUT2D eigenvalue weighted by molar-refractivity contribution is 7.15. The van der Waals surface area contributed by atoms with Gasteiger partial charge >= 0.3 is 0 Å². The lowest BCUT2D eigenvalue weighted by Gasteiger charge is -1.98. The van der Waals surface area contributed by atoms with E-state index in [0.29, 0.717) is 0 Å². The molecule has 2 nitrogen and oxygen atoms in total. The third kappa shape index (κ3) is 2.79. The summed E-state index contributed by atoms with van der Waals surface area (Å²) in [5.74, 6) is 0. The number of aromatic nitrogens is 1. The Hall–Kier alpha value is -1.19. The number of hydrogen-bond acceptors (Lipinski definition) is 3. The molecule has 3 heteroatoms. The first-order valence-corrected chi connectivity index (χ1v) is 7.32. The van der Waals surface area contributed by atoms with Gasteiger partial charge in [-0.2, -0.15) is 0 Å². The van der Waals surface area contributed by atoms with Gasteiger partial charge in [0.15, 0.2) is 0 Å². The smallest absolute Gasteiger partial charge is 0.123 e. The van der Waals surface area contributed by atoms with Gasteiger partial charge in [0.2, 0.25) is 0 Å². The van der Waals surface area contributed by atoms with Crippen LogP contribution >= 0.6 is 11.3 Å². The molecular weight excluding hydrogens is 240 g/mol. The Bertz CT molecular complexity index is 500. The van der Waals surface area contributed by atoms with E-state index in [1.54, 1.807) is 11.3 Å². The lowest BCUT2D eigenvalue weighted by molar-refractivity contribution is 0.815. The molecule has 0 bridgehead atoms. The number of aryl methyl sites for hydroxylation is 2. The van der Waals surface area contributed by atoms with E-state index in [-0.39, 0.29) is 0 Å². The van der Waals surface area contributed by atoms with E-state index in [1.165, 1.54) is 21.7 Å². The van der Waals surface area contributed by atoms with Gasteiger partial charge in [-0.25, -0.2) is 4.98 Å². The van der Waals surface area contributed by atoms with Crippen molar-refractivity contribution in [3.8, 4) is 10.6 Å². The van der Waals surface area contributed by atoms with Crippen LogP contribution < -0.4 is 5.32 Å². The normalized spacial score (nSPS) is 10.8. The van der Waals surface area contributed by atoms with Gasteiger partial charge in [-0.15, -0.1) is 11.3 Å². The van der Waals surface area contributed by atoms with Crippen LogP contribution in [0.3, 0.4) is 0 Å². The van der Waals surface area contributed by atoms with E-state index in [0.717, 1.165) is 24.4 Å². The molecule has 0 spiro atoms. The zero-order valence-corrected chi connectivity index (χ0v) is 12.1. The molecule has 2 rings (SSSR count). The number of nitrogens with one attached hydrogen (secondary N) is 1. The van der Waals surface area contributed by atoms with E-state index in [9.17, 15) is 0 Å². The van der Waals surface area contributed by atoms with Crippen LogP contribution in [0, 0.1) is 0 Å². The van der Waals surface area contributed by atoms with Crippen molar-refractivity contribution in [3.05, 3.63) is 40.4 Å². The highest BCUT2D eigenvalue weighted by atomic mass is 32.1. The van der Waals surface area contributed by atoms with Crippen molar-refractivity contribution in [3.63, 3.8) is 0 Å². The molecule has 1 aromatic carbocycles. The Balaban J connectivity index is 2.31. The van der Waals surface area contributed by atoms with Crippen LogP contribution in [0.5, 0.6) is 0 Å². The number of benzene rings is 1. The summed E-state index contributed by atoms with van der Waals surface area (Å²) in [6.07, 6.45) is 2.09. The summed E-state index contributed by atoms with van der Waals surface area (Å²) >= 11 is 1.80. The van der Waals surface area contributed by atoms with Gasteiger partial charge in [-0.1, -0.05) is 38.1 Å². The monoisotopic (exact) mass is 260 g/mol. The first-order valence-electron chi connectivity index (χ1n) is 6.51. The summed E-state index contributed by atoms with van der Waals surface area (Å²) in [4.78, 5) is 6.11. The molecule has 96 valence electrons. The van der Waals surface area contributed by atoms with Gasteiger partial charge in [-0.05, 0) is 25.5 Å². The fraction of sp³-hybridized carbons (Fsp3) is 0.400. The third-order valence-electron chi connectivity index (χ3n) is 3.06. The molecule has 0 saturated heterocycles. The van der Waals surface area contributed by atoms with E-state index >= 15 is 0 Å². The summed E-state index contributed by atoms with van der Waals surface area (Å²) in [5.41, 5.74) is 3.83. The standard InChI is InChI=1S/C15H20N2S/c1-4-11-6-8-12(9-7-11)15-17-13(5-2)14(18-15)10-16-3/h6-9,16H,4-5,10H2,1-3H3. The number of rotatable bonds is 5. The highest BCUT2D eigenvalue weighted by Crippen LogP contribution is 2.28. The largest absolute Gasteiger partial charge is 0.315 e. The van der Waals surface area contributed by atoms with Crippen molar-refractivity contribution in [2.45, 2.75) is 33.2 Å². The summed E-state index contributed by atoms with van der Waals surface area (Å²) in [7, 11) is 1.98. The summed E-state index contributed by atoms with van der Waals surface area (Å²) in [5, 5.41) is 4.35. The van der Waals surface area contributed by atoms with Crippen LogP contribution in [0.25, 0.3) is 10.6 Å². The van der Waals surface area contributed by atoms with Crippen molar-refractivity contribution < 1.29 is 0 Å². The molecule has 0 unspecified atom stereocenters. The van der Waals surface area contributed by atoms with E-state index in [4.69, 9.17) is 4.98 Å². The summed E-state index contributed by atoms with van der Waals surface area (Å²) < 4.78 is 0. The highest BCUT2D eigenvalue weighted by Gasteiger charge is 2.10. The van der Waals surface area contributed by atoms with Crippen LogP contribution in [0.15, 0.2) is 24.3 Å². The Morgan fingerprint density at radius 1 is 1.11 bits per heavy atom. The van der Waals surface area contributed by atoms with Crippen LogP contribution in [0.2, 0.25) is 0 Å². The van der Waals surface area contributed by atoms with Crippen molar-refractivity contribution in [2.75, 3.05) is 7.05 Å². The Morgan fingerprint density at radius 2 is 1.83 bits per heavy atom. The fourth-order valence-electron chi connectivity index (χ4n) is 1.96. The van der Waals surface area contributed by atoms with Gasteiger partial charge in [0.1, 0.15) is 5.01 Å². The maximum absolute atomic E-state index is 4.75. The van der Waals surface area contributed by atoms with E-state index < -0.39 is 0 Å². The average molecular weight is 260 g/mol. The molecule has 1 N–H and O–H groups in total. The molecule has 0 aliphatic carbocycles. The quantitative estimate of drug-likeness (QED) is 0.887. The maximum atomic E-state index is 4.75. The van der Waals surface area contributed by atoms with Crippen molar-refractivity contribution in [1.82, 2.24) is 10.3 Å². The van der Waals surface area contributed by atoms with E-state index in [1.807, 2.05) is 7.05 Å². The molecule has 0 radical (unpaired) electrons. The second-order valence-electron chi connectivity index (χ2n) is 4.32. The molecule has 18 heavy (non-hydrogen) atoms. The zero-order chi connectivity index (χ0) is 13.0. The molecule has 0 atom stereocenters. The maximum Gasteiger partial charge on any atom is 0.123 e. The Morgan fingerprint density at radius 3 is 2.39 bits per heavy atom. The zero-order valence-electron chi connectivity index (χ0n) is 11.3. The molecule has 0 aliphatic rings. The van der Waals surface area contributed by atoms with Gasteiger partial charge in [0, 0.05) is 17.0 Å². The first-order chi connectivity index (χ1) is 8.78. The number of hydrogen-bond donors (Lipinski definition) is 1. The van der Waals surface area contributed by atoms with Gasteiger partial charge in [0.25, 0.3) is 0 Å². The van der Waals surface area contributed by atoms with Gasteiger partial charge in [-0.3, -0.25) is 0 Å². The average Bonchev–Trinajstić information content (AvgIpc) is 2.82. The van der Waals surface area contributed by atoms with Gasteiger partial charge < -0.3 is 5.32 Å². The molecule has 0 saturated carbocycles. The van der Waals surface area contributed by atoms with E-state index in [2.05, 4.69) is 43.4 Å². The van der Waals surface area contributed by atoms with Crippen molar-refractivity contribution in [1.29, 1.82) is 0 Å². The van der Waals surface area contributed by atoms with Crippen LogP contribution in [0.1, 0.15) is 30.0 Å². The van der Waals surface area contributed by atoms with Crippen LogP contribution in [-0.2, 0) is 19.4 Å². The minimum Gasteiger partial charge on any atom is -0.315 e. The molecule has 1 aromatic heterocycles. The summed E-state index contributed by atoms with van der Waals surface area (Å²) in [6.45, 7) is 5.25. The predicted octanol–water partition coefficient (Wildman–Crippen LogP) is 3.65. The first kappa shape index (κ1) is 13.2. The lowest BCUT2D eigenvalue weighted by atomic mass is 10.1.